The third kappa shape index (κ3) is 3.32. The molecule has 7 nitrogen and oxygen atoms in total. The van der Waals surface area contributed by atoms with E-state index in [1.807, 2.05) is 12.3 Å². The summed E-state index contributed by atoms with van der Waals surface area (Å²) in [7, 11) is -3.68. The summed E-state index contributed by atoms with van der Waals surface area (Å²) in [6, 6.07) is 14.4. The largest absolute Gasteiger partial charge is 0.347 e. The van der Waals surface area contributed by atoms with Crippen molar-refractivity contribution in [1.29, 1.82) is 0 Å². The van der Waals surface area contributed by atoms with Crippen LogP contribution in [0.25, 0.3) is 22.4 Å². The van der Waals surface area contributed by atoms with Gasteiger partial charge in [-0.15, -0.1) is 0 Å². The highest BCUT2D eigenvalue weighted by molar-refractivity contribution is 7.90. The van der Waals surface area contributed by atoms with Gasteiger partial charge in [-0.3, -0.25) is 0 Å². The van der Waals surface area contributed by atoms with E-state index in [-0.39, 0.29) is 4.90 Å². The highest BCUT2D eigenvalue weighted by Gasteiger charge is 2.28. The van der Waals surface area contributed by atoms with E-state index in [1.54, 1.807) is 48.7 Å². The fraction of sp³-hybridized carbons (Fsp3) is 0.273. The van der Waals surface area contributed by atoms with Gasteiger partial charge >= 0.3 is 0 Å². The van der Waals surface area contributed by atoms with Crippen LogP contribution in [-0.4, -0.2) is 34.9 Å². The SMILES string of the molecule is CC1CC(c2nc3cc(-c4cccn4S(=O)(=O)c4ccccc4)[nH]c3c[nH+]2)CCN1. The van der Waals surface area contributed by atoms with Gasteiger partial charge in [-0.05, 0) is 55.6 Å². The lowest BCUT2D eigenvalue weighted by Crippen LogP contribution is -2.36. The van der Waals surface area contributed by atoms with Gasteiger partial charge in [0.05, 0.1) is 22.2 Å². The first kappa shape index (κ1) is 19.0. The number of piperidine rings is 1. The van der Waals surface area contributed by atoms with E-state index in [4.69, 9.17) is 4.98 Å². The van der Waals surface area contributed by atoms with E-state index in [2.05, 4.69) is 22.2 Å². The van der Waals surface area contributed by atoms with E-state index >= 15 is 0 Å². The average molecular weight is 423 g/mol. The van der Waals surface area contributed by atoms with E-state index in [0.717, 1.165) is 36.2 Å². The zero-order valence-electron chi connectivity index (χ0n) is 16.7. The minimum atomic E-state index is -3.68. The minimum absolute atomic E-state index is 0.257. The molecule has 154 valence electrons. The lowest BCUT2D eigenvalue weighted by Gasteiger charge is -2.24. The molecule has 1 fully saturated rings. The molecular formula is C22H24N5O2S+. The number of rotatable bonds is 4. The Labute approximate surface area is 175 Å². The number of nitrogens with zero attached hydrogens (tertiary/aromatic N) is 2. The number of hydrogen-bond donors (Lipinski definition) is 2. The van der Waals surface area contributed by atoms with Crippen LogP contribution >= 0.6 is 0 Å². The van der Waals surface area contributed by atoms with Gasteiger partial charge in [0.25, 0.3) is 15.8 Å². The number of benzene rings is 1. The highest BCUT2D eigenvalue weighted by atomic mass is 32.2. The second kappa shape index (κ2) is 7.37. The van der Waals surface area contributed by atoms with Gasteiger partial charge in [0, 0.05) is 18.3 Å². The highest BCUT2D eigenvalue weighted by Crippen LogP contribution is 2.28. The van der Waals surface area contributed by atoms with Crippen molar-refractivity contribution in [1.82, 2.24) is 19.3 Å². The number of aromatic nitrogens is 4. The molecule has 2 atom stereocenters. The monoisotopic (exact) mass is 422 g/mol. The number of fused-ring (bicyclic) bond motifs is 1. The molecule has 0 amide bonds. The van der Waals surface area contributed by atoms with Crippen LogP contribution < -0.4 is 10.3 Å². The van der Waals surface area contributed by atoms with Crippen LogP contribution in [0.5, 0.6) is 0 Å². The average Bonchev–Trinajstić information content (AvgIpc) is 3.41. The molecule has 30 heavy (non-hydrogen) atoms. The van der Waals surface area contributed by atoms with Crippen molar-refractivity contribution in [3.63, 3.8) is 0 Å². The van der Waals surface area contributed by atoms with Crippen molar-refractivity contribution in [3.8, 4) is 11.4 Å². The number of hydrogen-bond acceptors (Lipinski definition) is 4. The smallest absolute Gasteiger partial charge is 0.300 e. The predicted octanol–water partition coefficient (Wildman–Crippen LogP) is 2.94. The molecule has 4 aromatic rings. The lowest BCUT2D eigenvalue weighted by molar-refractivity contribution is -0.397. The number of nitrogens with one attached hydrogen (secondary N) is 3. The van der Waals surface area contributed by atoms with Gasteiger partial charge in [0.15, 0.2) is 0 Å². The Balaban J connectivity index is 1.53. The van der Waals surface area contributed by atoms with E-state index in [9.17, 15) is 8.42 Å². The summed E-state index contributed by atoms with van der Waals surface area (Å²) in [4.78, 5) is 11.7. The Morgan fingerprint density at radius 1 is 1.17 bits per heavy atom. The molecule has 0 aliphatic carbocycles. The van der Waals surface area contributed by atoms with Gasteiger partial charge < -0.3 is 10.3 Å². The van der Waals surface area contributed by atoms with Crippen molar-refractivity contribution in [2.75, 3.05) is 6.54 Å². The Hall–Kier alpha value is -2.97. The van der Waals surface area contributed by atoms with Gasteiger partial charge in [0.2, 0.25) is 5.52 Å². The van der Waals surface area contributed by atoms with Crippen molar-refractivity contribution in [2.24, 2.45) is 0 Å². The van der Waals surface area contributed by atoms with Crippen LogP contribution in [0.15, 0.2) is 65.8 Å². The van der Waals surface area contributed by atoms with Crippen LogP contribution in [0.3, 0.4) is 0 Å². The van der Waals surface area contributed by atoms with Gasteiger partial charge in [-0.25, -0.2) is 17.4 Å². The molecular weight excluding hydrogens is 398 g/mol. The lowest BCUT2D eigenvalue weighted by atomic mass is 9.92. The Bertz CT molecular complexity index is 1290. The molecule has 5 rings (SSSR count). The quantitative estimate of drug-likeness (QED) is 0.529. The Morgan fingerprint density at radius 3 is 2.80 bits per heavy atom. The molecule has 1 aromatic carbocycles. The molecule has 3 aromatic heterocycles. The zero-order valence-corrected chi connectivity index (χ0v) is 17.5. The summed E-state index contributed by atoms with van der Waals surface area (Å²) in [5, 5.41) is 3.47. The molecule has 1 aliphatic rings. The first-order chi connectivity index (χ1) is 14.5. The van der Waals surface area contributed by atoms with E-state index in [1.165, 1.54) is 3.97 Å². The van der Waals surface area contributed by atoms with E-state index in [0.29, 0.717) is 23.3 Å². The third-order valence-electron chi connectivity index (χ3n) is 5.73. The first-order valence-corrected chi connectivity index (χ1v) is 11.6. The van der Waals surface area contributed by atoms with E-state index < -0.39 is 10.0 Å². The fourth-order valence-electron chi connectivity index (χ4n) is 4.19. The molecule has 0 spiro atoms. The standard InChI is InChI=1S/C22H23N5O2S/c1-15-12-16(9-10-23-15)22-24-14-20-18(26-22)13-19(25-20)21-8-5-11-27(21)30(28,29)17-6-3-2-4-7-17/h2-8,11,13-16,23,25H,9-10,12H2,1H3/p+1. The fourth-order valence-corrected chi connectivity index (χ4v) is 5.56. The van der Waals surface area contributed by atoms with Gasteiger partial charge in [-0.2, -0.15) is 0 Å². The zero-order chi connectivity index (χ0) is 20.7. The van der Waals surface area contributed by atoms with Crippen LogP contribution in [0.1, 0.15) is 31.5 Å². The van der Waals surface area contributed by atoms with Crippen LogP contribution in [-0.2, 0) is 10.0 Å². The van der Waals surface area contributed by atoms with Crippen molar-refractivity contribution < 1.29 is 13.4 Å². The van der Waals surface area contributed by atoms with Crippen molar-refractivity contribution in [2.45, 2.75) is 36.6 Å². The molecule has 2 unspecified atom stereocenters. The number of H-pyrrole nitrogens is 2. The van der Waals surface area contributed by atoms with Crippen LogP contribution in [0.4, 0.5) is 0 Å². The molecule has 1 aliphatic heterocycles. The van der Waals surface area contributed by atoms with Crippen LogP contribution in [0.2, 0.25) is 0 Å². The summed E-state index contributed by atoms with van der Waals surface area (Å²) in [6.45, 7) is 3.18. The van der Waals surface area contributed by atoms with Crippen molar-refractivity contribution in [3.05, 3.63) is 66.7 Å². The first-order valence-electron chi connectivity index (χ1n) is 10.2. The second-order valence-corrected chi connectivity index (χ2v) is 9.67. The summed E-state index contributed by atoms with van der Waals surface area (Å²) >= 11 is 0. The van der Waals surface area contributed by atoms with Gasteiger partial charge in [-0.1, -0.05) is 18.2 Å². The summed E-state index contributed by atoms with van der Waals surface area (Å²) in [6.07, 6.45) is 5.59. The molecule has 0 radical (unpaired) electrons. The maximum Gasteiger partial charge on any atom is 0.300 e. The summed E-state index contributed by atoms with van der Waals surface area (Å²) < 4.78 is 27.5. The molecule has 4 heterocycles. The third-order valence-corrected chi connectivity index (χ3v) is 7.44. The summed E-state index contributed by atoms with van der Waals surface area (Å²) in [5.74, 6) is 1.38. The van der Waals surface area contributed by atoms with Gasteiger partial charge in [0.1, 0.15) is 11.7 Å². The minimum Gasteiger partial charge on any atom is -0.347 e. The predicted molar refractivity (Wildman–Crippen MR) is 115 cm³/mol. The normalized spacial score (nSPS) is 19.9. The molecule has 8 heteroatoms. The Morgan fingerprint density at radius 2 is 2.00 bits per heavy atom. The molecule has 1 saturated heterocycles. The maximum absolute atomic E-state index is 13.1. The number of aromatic amines is 2. The maximum atomic E-state index is 13.1. The molecule has 0 saturated carbocycles. The van der Waals surface area contributed by atoms with Crippen LogP contribution in [0, 0.1) is 0 Å². The Kier molecular flexibility index (Phi) is 4.67. The summed E-state index contributed by atoms with van der Waals surface area (Å²) in [5.41, 5.74) is 2.97. The topological polar surface area (TPSA) is 93.9 Å². The van der Waals surface area contributed by atoms with Crippen molar-refractivity contribution >= 4 is 21.1 Å². The molecule has 0 bridgehead atoms. The molecule has 3 N–H and O–H groups in total. The second-order valence-electron chi connectivity index (χ2n) is 7.85.